The molecule has 0 aromatic heterocycles. The van der Waals surface area contributed by atoms with E-state index in [0.717, 1.165) is 26.9 Å². The summed E-state index contributed by atoms with van der Waals surface area (Å²) in [6.45, 7) is 7.72. The first-order valence-electron chi connectivity index (χ1n) is 11.3. The van der Waals surface area contributed by atoms with E-state index in [0.29, 0.717) is 47.8 Å². The Morgan fingerprint density at radius 2 is 1.79 bits per heavy atom. The van der Waals surface area contributed by atoms with E-state index in [1.807, 2.05) is 78.6 Å². The largest absolute Gasteiger partial charge is 0.490 e. The summed E-state index contributed by atoms with van der Waals surface area (Å²) in [6, 6.07) is 19.4. The molecule has 4 nitrogen and oxygen atoms in total. The Bertz CT molecular complexity index is 1220. The van der Waals surface area contributed by atoms with Crippen molar-refractivity contribution in [3.05, 3.63) is 86.8 Å². The number of fused-ring (bicyclic) bond motifs is 1. The van der Waals surface area contributed by atoms with E-state index in [2.05, 4.69) is 29.8 Å². The summed E-state index contributed by atoms with van der Waals surface area (Å²) in [4.78, 5) is 15.2. The van der Waals surface area contributed by atoms with Gasteiger partial charge in [0.15, 0.2) is 11.5 Å². The van der Waals surface area contributed by atoms with Crippen LogP contribution in [0.2, 0.25) is 5.02 Å². The maximum absolute atomic E-state index is 13.3. The van der Waals surface area contributed by atoms with Crippen molar-refractivity contribution < 1.29 is 14.3 Å². The van der Waals surface area contributed by atoms with Gasteiger partial charge in [-0.1, -0.05) is 55.8 Å². The zero-order valence-corrected chi connectivity index (χ0v) is 21.8. The third-order valence-electron chi connectivity index (χ3n) is 5.45. The first kappa shape index (κ1) is 24.4. The molecule has 1 aliphatic heterocycles. The third kappa shape index (κ3) is 5.31. The van der Waals surface area contributed by atoms with Crippen LogP contribution >= 0.6 is 27.5 Å². The van der Waals surface area contributed by atoms with E-state index in [1.54, 1.807) is 0 Å². The highest BCUT2D eigenvalue weighted by Gasteiger charge is 2.32. The molecule has 0 fully saturated rings. The van der Waals surface area contributed by atoms with Crippen LogP contribution in [0.15, 0.2) is 65.1 Å². The fourth-order valence-corrected chi connectivity index (χ4v) is 4.67. The van der Waals surface area contributed by atoms with Gasteiger partial charge in [0.25, 0.3) is 5.91 Å². The molecule has 0 N–H and O–H groups in total. The first-order chi connectivity index (χ1) is 16.4. The van der Waals surface area contributed by atoms with Gasteiger partial charge in [0.05, 0.1) is 16.8 Å². The predicted molar refractivity (Wildman–Crippen MR) is 143 cm³/mol. The van der Waals surface area contributed by atoms with E-state index in [-0.39, 0.29) is 5.91 Å². The molecule has 1 aliphatic rings. The highest BCUT2D eigenvalue weighted by molar-refractivity contribution is 9.10. The number of hydrogen-bond acceptors (Lipinski definition) is 3. The minimum Gasteiger partial charge on any atom is -0.490 e. The lowest BCUT2D eigenvalue weighted by molar-refractivity contribution is -0.113. The van der Waals surface area contributed by atoms with Gasteiger partial charge in [0.1, 0.15) is 6.61 Å². The Morgan fingerprint density at radius 1 is 1.06 bits per heavy atom. The minimum atomic E-state index is 0.0204. The standard InChI is InChI=1S/C28H27BrClNO3/c1-4-33-26-15-20(14-24(29)27(26)34-17-19-9-11-21(30)12-10-19)13-23-22-7-5-6-8-25(22)31(28(23)32)16-18(2)3/h5-15,18H,4,16-17H2,1-3H3/b23-13-. The fourth-order valence-electron chi connectivity index (χ4n) is 3.97. The van der Waals surface area contributed by atoms with Gasteiger partial charge in [0, 0.05) is 22.7 Å². The van der Waals surface area contributed by atoms with Crippen molar-refractivity contribution in [2.75, 3.05) is 18.1 Å². The number of carbonyl (C=O) groups excluding carboxylic acids is 1. The summed E-state index contributed by atoms with van der Waals surface area (Å²) in [5, 5.41) is 0.687. The average Bonchev–Trinajstić information content (AvgIpc) is 3.05. The number of para-hydroxylation sites is 1. The molecule has 6 heteroatoms. The van der Waals surface area contributed by atoms with Crippen LogP contribution in [0, 0.1) is 5.92 Å². The molecular weight excluding hydrogens is 514 g/mol. The van der Waals surface area contributed by atoms with Gasteiger partial charge in [0.2, 0.25) is 0 Å². The molecule has 0 bridgehead atoms. The number of anilines is 1. The van der Waals surface area contributed by atoms with Crippen molar-refractivity contribution in [1.29, 1.82) is 0 Å². The molecule has 1 heterocycles. The Morgan fingerprint density at radius 3 is 2.50 bits per heavy atom. The average molecular weight is 541 g/mol. The third-order valence-corrected chi connectivity index (χ3v) is 6.29. The number of benzene rings is 3. The Balaban J connectivity index is 1.67. The maximum atomic E-state index is 13.3. The van der Waals surface area contributed by atoms with E-state index in [4.69, 9.17) is 21.1 Å². The highest BCUT2D eigenvalue weighted by Crippen LogP contribution is 2.41. The smallest absolute Gasteiger partial charge is 0.259 e. The van der Waals surface area contributed by atoms with Crippen molar-refractivity contribution >= 4 is 50.8 Å². The van der Waals surface area contributed by atoms with Crippen molar-refractivity contribution in [3.63, 3.8) is 0 Å². The number of ether oxygens (including phenoxy) is 2. The number of hydrogen-bond donors (Lipinski definition) is 0. The highest BCUT2D eigenvalue weighted by atomic mass is 79.9. The van der Waals surface area contributed by atoms with Gasteiger partial charge in [-0.05, 0) is 76.3 Å². The quantitative estimate of drug-likeness (QED) is 0.276. The molecular formula is C28H27BrClNO3. The molecule has 0 saturated heterocycles. The lowest BCUT2D eigenvalue weighted by atomic mass is 10.0. The maximum Gasteiger partial charge on any atom is 0.259 e. The van der Waals surface area contributed by atoms with E-state index >= 15 is 0 Å². The summed E-state index contributed by atoms with van der Waals surface area (Å²) in [5.41, 5.74) is 4.45. The molecule has 0 spiro atoms. The van der Waals surface area contributed by atoms with Gasteiger partial charge in [-0.3, -0.25) is 4.79 Å². The molecule has 3 aromatic rings. The molecule has 0 radical (unpaired) electrons. The predicted octanol–water partition coefficient (Wildman–Crippen LogP) is 7.62. The second-order valence-corrected chi connectivity index (χ2v) is 9.85. The van der Waals surface area contributed by atoms with Crippen LogP contribution in [0.25, 0.3) is 11.6 Å². The molecule has 0 atom stereocenters. The number of carbonyl (C=O) groups is 1. The summed E-state index contributed by atoms with van der Waals surface area (Å²) >= 11 is 9.63. The summed E-state index contributed by atoms with van der Waals surface area (Å²) < 4.78 is 12.8. The van der Waals surface area contributed by atoms with Crippen LogP contribution in [0.3, 0.4) is 0 Å². The summed E-state index contributed by atoms with van der Waals surface area (Å²) in [5.74, 6) is 1.63. The van der Waals surface area contributed by atoms with Crippen LogP contribution in [0.1, 0.15) is 37.5 Å². The van der Waals surface area contributed by atoms with Crippen molar-refractivity contribution in [1.82, 2.24) is 0 Å². The molecule has 34 heavy (non-hydrogen) atoms. The van der Waals surface area contributed by atoms with Crippen molar-refractivity contribution in [2.24, 2.45) is 5.92 Å². The fraction of sp³-hybridized carbons (Fsp3) is 0.250. The lowest BCUT2D eigenvalue weighted by Crippen LogP contribution is -2.30. The van der Waals surface area contributed by atoms with Gasteiger partial charge in [-0.25, -0.2) is 0 Å². The first-order valence-corrected chi connectivity index (χ1v) is 12.5. The number of halogens is 2. The molecule has 4 rings (SSSR count). The Hall–Kier alpha value is -2.76. The van der Waals surface area contributed by atoms with E-state index in [9.17, 15) is 4.79 Å². The van der Waals surface area contributed by atoms with Crippen LogP contribution in [-0.4, -0.2) is 19.1 Å². The van der Waals surface area contributed by atoms with Crippen LogP contribution in [-0.2, 0) is 11.4 Å². The van der Waals surface area contributed by atoms with Gasteiger partial charge < -0.3 is 14.4 Å². The molecule has 0 saturated carbocycles. The number of amides is 1. The monoisotopic (exact) mass is 539 g/mol. The van der Waals surface area contributed by atoms with Crippen molar-refractivity contribution in [3.8, 4) is 11.5 Å². The molecule has 176 valence electrons. The second-order valence-electron chi connectivity index (χ2n) is 8.56. The second kappa shape index (κ2) is 10.7. The summed E-state index contributed by atoms with van der Waals surface area (Å²) in [7, 11) is 0. The lowest BCUT2D eigenvalue weighted by Gasteiger charge is -2.19. The molecule has 0 aliphatic carbocycles. The normalized spacial score (nSPS) is 14.1. The van der Waals surface area contributed by atoms with Gasteiger partial charge in [-0.15, -0.1) is 0 Å². The van der Waals surface area contributed by atoms with Gasteiger partial charge >= 0.3 is 0 Å². The topological polar surface area (TPSA) is 38.8 Å². The molecule has 0 unspecified atom stereocenters. The van der Waals surface area contributed by atoms with Crippen LogP contribution in [0.5, 0.6) is 11.5 Å². The van der Waals surface area contributed by atoms with Crippen molar-refractivity contribution in [2.45, 2.75) is 27.4 Å². The number of nitrogens with zero attached hydrogens (tertiary/aromatic N) is 1. The SMILES string of the molecule is CCOc1cc(/C=C2\C(=O)N(CC(C)C)c3ccccc32)cc(Br)c1OCc1ccc(Cl)cc1. The van der Waals surface area contributed by atoms with E-state index in [1.165, 1.54) is 0 Å². The van der Waals surface area contributed by atoms with Crippen LogP contribution < -0.4 is 14.4 Å². The van der Waals surface area contributed by atoms with Gasteiger partial charge in [-0.2, -0.15) is 0 Å². The molecule has 3 aromatic carbocycles. The molecule has 1 amide bonds. The van der Waals surface area contributed by atoms with E-state index < -0.39 is 0 Å². The Kier molecular flexibility index (Phi) is 7.64. The summed E-state index contributed by atoms with van der Waals surface area (Å²) in [6.07, 6.45) is 1.93. The number of rotatable bonds is 8. The zero-order chi connectivity index (χ0) is 24.2. The minimum absolute atomic E-state index is 0.0204. The zero-order valence-electron chi connectivity index (χ0n) is 19.5. The Labute approximate surface area is 214 Å². The van der Waals surface area contributed by atoms with Crippen LogP contribution in [0.4, 0.5) is 5.69 Å².